The van der Waals surface area contributed by atoms with Gasteiger partial charge in [-0.15, -0.1) is 0 Å². The van der Waals surface area contributed by atoms with Crippen LogP contribution in [0.2, 0.25) is 0 Å². The van der Waals surface area contributed by atoms with Gasteiger partial charge >= 0.3 is 6.03 Å². The van der Waals surface area contributed by atoms with Crippen LogP contribution in [0.25, 0.3) is 0 Å². The van der Waals surface area contributed by atoms with Crippen LogP contribution in [-0.4, -0.2) is 88.6 Å². The predicted octanol–water partition coefficient (Wildman–Crippen LogP) is 1.13. The Bertz CT molecular complexity index is 992. The van der Waals surface area contributed by atoms with Gasteiger partial charge in [0.15, 0.2) is 5.82 Å². The van der Waals surface area contributed by atoms with Crippen molar-refractivity contribution in [3.8, 4) is 0 Å². The molecule has 0 unspecified atom stereocenters. The summed E-state index contributed by atoms with van der Waals surface area (Å²) < 4.78 is 6.87. The molecule has 0 radical (unpaired) electrons. The SMILES string of the molecule is Cn1ccnc1C(=O)c1ccc(N2CCN(C(=O)N3CCOCC3)CC2)c([N+](=O)[O-])c1. The molecule has 4 rings (SSSR count). The fraction of sp³-hybridized carbons (Fsp3) is 0.450. The lowest BCUT2D eigenvalue weighted by molar-refractivity contribution is -0.384. The van der Waals surface area contributed by atoms with Crippen molar-refractivity contribution in [1.29, 1.82) is 0 Å². The summed E-state index contributed by atoms with van der Waals surface area (Å²) in [5.74, 6) is -0.152. The predicted molar refractivity (Wildman–Crippen MR) is 111 cm³/mol. The van der Waals surface area contributed by atoms with Crippen LogP contribution < -0.4 is 4.90 Å². The molecule has 2 aliphatic heterocycles. The Morgan fingerprint density at radius 1 is 1.06 bits per heavy atom. The van der Waals surface area contributed by atoms with Crippen molar-refractivity contribution in [1.82, 2.24) is 19.4 Å². The minimum atomic E-state index is -0.476. The molecule has 11 heteroatoms. The number of hydrogen-bond donors (Lipinski definition) is 0. The number of ether oxygens (including phenoxy) is 1. The number of piperazine rings is 1. The van der Waals surface area contributed by atoms with Gasteiger partial charge in [-0.25, -0.2) is 9.78 Å². The Labute approximate surface area is 178 Å². The number of benzene rings is 1. The molecule has 0 spiro atoms. The molecule has 2 fully saturated rings. The zero-order valence-corrected chi connectivity index (χ0v) is 17.3. The number of carbonyl (C=O) groups is 2. The fourth-order valence-electron chi connectivity index (χ4n) is 3.89. The molecule has 2 saturated heterocycles. The molecule has 31 heavy (non-hydrogen) atoms. The molecule has 0 bridgehead atoms. The van der Waals surface area contributed by atoms with E-state index in [1.54, 1.807) is 39.7 Å². The summed E-state index contributed by atoms with van der Waals surface area (Å²) in [6.07, 6.45) is 3.15. The molecule has 2 aliphatic rings. The van der Waals surface area contributed by atoms with Crippen LogP contribution >= 0.6 is 0 Å². The van der Waals surface area contributed by atoms with Crippen molar-refractivity contribution < 1.29 is 19.2 Å². The molecule has 0 saturated carbocycles. The largest absolute Gasteiger partial charge is 0.378 e. The second kappa shape index (κ2) is 8.72. The lowest BCUT2D eigenvalue weighted by atomic mass is 10.1. The van der Waals surface area contributed by atoms with E-state index in [0.717, 1.165) is 0 Å². The number of carbonyl (C=O) groups excluding carboxylic acids is 2. The van der Waals surface area contributed by atoms with E-state index in [4.69, 9.17) is 4.74 Å². The van der Waals surface area contributed by atoms with Crippen LogP contribution in [0.1, 0.15) is 16.2 Å². The number of urea groups is 1. The van der Waals surface area contributed by atoms with Crippen molar-refractivity contribution in [2.45, 2.75) is 0 Å². The van der Waals surface area contributed by atoms with Crippen molar-refractivity contribution in [3.63, 3.8) is 0 Å². The average molecular weight is 428 g/mol. The Morgan fingerprint density at radius 3 is 2.35 bits per heavy atom. The van der Waals surface area contributed by atoms with Gasteiger partial charge in [0.2, 0.25) is 5.78 Å². The van der Waals surface area contributed by atoms with Gasteiger partial charge in [-0.3, -0.25) is 14.9 Å². The molecule has 3 heterocycles. The molecule has 164 valence electrons. The summed E-state index contributed by atoms with van der Waals surface area (Å²) in [6.45, 7) is 4.14. The molecule has 2 aromatic rings. The summed E-state index contributed by atoms with van der Waals surface area (Å²) in [5.41, 5.74) is 0.527. The maximum absolute atomic E-state index is 12.7. The van der Waals surface area contributed by atoms with E-state index in [2.05, 4.69) is 4.98 Å². The number of morpholine rings is 1. The number of nitro groups is 1. The third-order valence-corrected chi connectivity index (χ3v) is 5.63. The summed E-state index contributed by atoms with van der Waals surface area (Å²) >= 11 is 0. The normalized spacial score (nSPS) is 17.0. The summed E-state index contributed by atoms with van der Waals surface area (Å²) in [6, 6.07) is 4.48. The van der Waals surface area contributed by atoms with Gasteiger partial charge in [0.1, 0.15) is 5.69 Å². The lowest BCUT2D eigenvalue weighted by Crippen LogP contribution is -2.54. The number of ketones is 1. The van der Waals surface area contributed by atoms with Crippen molar-refractivity contribution in [2.75, 3.05) is 57.4 Å². The van der Waals surface area contributed by atoms with Crippen molar-refractivity contribution in [2.24, 2.45) is 7.05 Å². The summed E-state index contributed by atoms with van der Waals surface area (Å²) in [5, 5.41) is 11.7. The van der Waals surface area contributed by atoms with E-state index in [1.165, 1.54) is 12.3 Å². The van der Waals surface area contributed by atoms with Gasteiger partial charge in [-0.1, -0.05) is 0 Å². The Kier molecular flexibility index (Phi) is 5.85. The molecular formula is C20H24N6O5. The number of nitrogens with zero attached hydrogens (tertiary/aromatic N) is 6. The number of aromatic nitrogens is 2. The quantitative estimate of drug-likeness (QED) is 0.407. The Balaban J connectivity index is 1.48. The van der Waals surface area contributed by atoms with E-state index in [1.807, 2.05) is 4.90 Å². The lowest BCUT2D eigenvalue weighted by Gasteiger charge is -2.39. The van der Waals surface area contributed by atoms with Gasteiger partial charge < -0.3 is 24.0 Å². The maximum atomic E-state index is 12.7. The summed E-state index contributed by atoms with van der Waals surface area (Å²) in [7, 11) is 1.70. The van der Waals surface area contributed by atoms with E-state index in [-0.39, 0.29) is 28.9 Å². The highest BCUT2D eigenvalue weighted by Gasteiger charge is 2.29. The first kappa shape index (κ1) is 20.8. The zero-order chi connectivity index (χ0) is 22.0. The minimum Gasteiger partial charge on any atom is -0.378 e. The van der Waals surface area contributed by atoms with Crippen molar-refractivity contribution in [3.05, 3.63) is 52.1 Å². The second-order valence-electron chi connectivity index (χ2n) is 7.51. The number of rotatable bonds is 4. The molecule has 11 nitrogen and oxygen atoms in total. The van der Waals surface area contributed by atoms with Gasteiger partial charge in [0.05, 0.1) is 18.1 Å². The molecule has 2 amide bonds. The maximum Gasteiger partial charge on any atom is 0.320 e. The highest BCUT2D eigenvalue weighted by molar-refractivity contribution is 6.07. The number of amides is 2. The zero-order valence-electron chi connectivity index (χ0n) is 17.3. The van der Waals surface area contributed by atoms with Gasteiger partial charge in [-0.05, 0) is 12.1 Å². The summed E-state index contributed by atoms with van der Waals surface area (Å²) in [4.78, 5) is 46.1. The molecule has 0 N–H and O–H groups in total. The fourth-order valence-corrected chi connectivity index (χ4v) is 3.89. The number of aryl methyl sites for hydroxylation is 1. The van der Waals surface area contributed by atoms with Crippen LogP contribution in [-0.2, 0) is 11.8 Å². The minimum absolute atomic E-state index is 0.0199. The molecule has 1 aromatic carbocycles. The van der Waals surface area contributed by atoms with E-state index < -0.39 is 4.92 Å². The van der Waals surface area contributed by atoms with Crippen LogP contribution in [0.3, 0.4) is 0 Å². The first-order valence-electron chi connectivity index (χ1n) is 10.1. The number of hydrogen-bond acceptors (Lipinski definition) is 7. The number of nitro benzene ring substituents is 1. The molecular weight excluding hydrogens is 404 g/mol. The standard InChI is InChI=1S/C20H24N6O5/c1-22-5-4-21-19(22)18(27)15-2-3-16(17(14-15)26(29)30)23-6-8-24(9-7-23)20(28)25-10-12-31-13-11-25/h2-5,14H,6-13H2,1H3. The molecule has 1 aromatic heterocycles. The first-order chi connectivity index (χ1) is 15.0. The van der Waals surface area contributed by atoms with E-state index in [0.29, 0.717) is 58.2 Å². The van der Waals surface area contributed by atoms with Crippen LogP contribution in [0.4, 0.5) is 16.2 Å². The number of imidazole rings is 1. The van der Waals surface area contributed by atoms with Gasteiger partial charge in [0, 0.05) is 70.3 Å². The number of anilines is 1. The smallest absolute Gasteiger partial charge is 0.320 e. The highest BCUT2D eigenvalue weighted by atomic mass is 16.6. The molecule has 0 atom stereocenters. The van der Waals surface area contributed by atoms with Gasteiger partial charge in [0.25, 0.3) is 5.69 Å². The van der Waals surface area contributed by atoms with Gasteiger partial charge in [-0.2, -0.15) is 0 Å². The third kappa shape index (κ3) is 4.22. The van der Waals surface area contributed by atoms with Crippen LogP contribution in [0, 0.1) is 10.1 Å². The topological polar surface area (TPSA) is 114 Å². The Hall–Kier alpha value is -3.47. The van der Waals surface area contributed by atoms with Crippen molar-refractivity contribution >= 4 is 23.2 Å². The van der Waals surface area contributed by atoms with E-state index >= 15 is 0 Å². The van der Waals surface area contributed by atoms with Crippen LogP contribution in [0.5, 0.6) is 0 Å². The second-order valence-corrected chi connectivity index (χ2v) is 7.51. The highest BCUT2D eigenvalue weighted by Crippen LogP contribution is 2.31. The first-order valence-corrected chi connectivity index (χ1v) is 10.1. The monoisotopic (exact) mass is 428 g/mol. The molecule has 0 aliphatic carbocycles. The van der Waals surface area contributed by atoms with Crippen LogP contribution in [0.15, 0.2) is 30.6 Å². The third-order valence-electron chi connectivity index (χ3n) is 5.63. The van der Waals surface area contributed by atoms with E-state index in [9.17, 15) is 19.7 Å². The Morgan fingerprint density at radius 2 is 1.74 bits per heavy atom. The average Bonchev–Trinajstić information content (AvgIpc) is 3.24.